The molecule has 0 nitrogen and oxygen atoms in total. The van der Waals surface area contributed by atoms with Crippen molar-refractivity contribution in [2.75, 3.05) is 0 Å². The molecule has 1 atom stereocenters. The monoisotopic (exact) mass is 1810 g/mol. The number of hydrogen-bond acceptors (Lipinski definition) is 0. The second-order valence-electron chi connectivity index (χ2n) is 38.1. The maximum atomic E-state index is 2.31. The van der Waals surface area contributed by atoms with Gasteiger partial charge in [0.2, 0.25) is 0 Å². The topological polar surface area (TPSA) is 0 Å². The Morgan fingerprint density at radius 3 is 1.14 bits per heavy atom. The molecule has 13 aromatic carbocycles. The molecule has 0 bridgehead atoms. The van der Waals surface area contributed by atoms with Crippen molar-refractivity contribution in [2.24, 2.45) is 0 Å². The quantitative estimate of drug-likeness (QED) is 0.114. The lowest BCUT2D eigenvalue weighted by Gasteiger charge is -2.21. The molecule has 13 heteroatoms. The van der Waals surface area contributed by atoms with E-state index in [9.17, 15) is 0 Å². The van der Waals surface area contributed by atoms with Crippen LogP contribution >= 0.6 is 0 Å². The zero-order valence-electron chi connectivity index (χ0n) is 80.9. The van der Waals surface area contributed by atoms with E-state index in [1.54, 1.807) is 63.5 Å². The van der Waals surface area contributed by atoms with Crippen LogP contribution in [-0.2, 0) is 19.3 Å². The second kappa shape index (κ2) is 55.1. The van der Waals surface area contributed by atoms with Gasteiger partial charge >= 0.3 is 0 Å². The zero-order valence-corrected chi connectivity index (χ0v) is 107. The fourth-order valence-corrected chi connectivity index (χ4v) is 21.9. The van der Waals surface area contributed by atoms with Gasteiger partial charge in [-0.25, -0.2) is 0 Å². The highest BCUT2D eigenvalue weighted by atomic mass is 28.2. The number of hydrogen-bond donors (Lipinski definition) is 0. The smallest absolute Gasteiger partial charge is 0.0401 e. The Kier molecular flexibility index (Phi) is 47.9. The van der Waals surface area contributed by atoms with Crippen molar-refractivity contribution < 1.29 is 0 Å². The second-order valence-corrected chi connectivity index (χ2v) is 56.9. The summed E-state index contributed by atoms with van der Waals surface area (Å²) in [5, 5.41) is 24.7. The van der Waals surface area contributed by atoms with E-state index in [2.05, 4.69) is 353 Å². The Labute approximate surface area is 771 Å². The highest BCUT2D eigenvalue weighted by molar-refractivity contribution is 6.45. The van der Waals surface area contributed by atoms with E-state index in [4.69, 9.17) is 0 Å². The van der Waals surface area contributed by atoms with Crippen molar-refractivity contribution in [3.8, 4) is 0 Å². The molecule has 17 rings (SSSR count). The molecule has 4 aliphatic rings. The molecule has 120 heavy (non-hydrogen) atoms. The van der Waals surface area contributed by atoms with Gasteiger partial charge in [-0.1, -0.05) is 451 Å². The van der Waals surface area contributed by atoms with Crippen LogP contribution in [0.2, 0.25) is 21.2 Å². The van der Waals surface area contributed by atoms with Gasteiger partial charge in [0.1, 0.15) is 0 Å². The average Bonchev–Trinajstić information content (AvgIpc) is 0.987. The van der Waals surface area contributed by atoms with Crippen LogP contribution in [-0.4, -0.2) is 133 Å². The van der Waals surface area contributed by atoms with Gasteiger partial charge in [0.05, 0.1) is 0 Å². The van der Waals surface area contributed by atoms with Crippen molar-refractivity contribution in [1.29, 1.82) is 0 Å². The van der Waals surface area contributed by atoms with E-state index in [0.717, 1.165) is 36.3 Å². The maximum Gasteiger partial charge on any atom is 0.0401 e. The molecule has 0 aliphatic heterocycles. The van der Waals surface area contributed by atoms with Crippen molar-refractivity contribution in [3.05, 3.63) is 321 Å². The van der Waals surface area contributed by atoms with Crippen LogP contribution in [0, 0.1) is 62.3 Å². The molecule has 0 amide bonds. The minimum Gasteiger partial charge on any atom is -0.0679 e. The summed E-state index contributed by atoms with van der Waals surface area (Å²) in [6, 6.07) is 89.5. The summed E-state index contributed by atoms with van der Waals surface area (Å²) < 4.78 is 0. The Morgan fingerprint density at radius 1 is 0.292 bits per heavy atom. The molecule has 0 heterocycles. The van der Waals surface area contributed by atoms with E-state index in [-0.39, 0.29) is 0 Å². The molecule has 1 unspecified atom stereocenters. The van der Waals surface area contributed by atoms with Crippen molar-refractivity contribution in [1.82, 2.24) is 0 Å². The van der Waals surface area contributed by atoms with E-state index in [1.807, 2.05) is 0 Å². The molecule has 2 saturated carbocycles. The van der Waals surface area contributed by atoms with Crippen molar-refractivity contribution in [3.63, 3.8) is 0 Å². The summed E-state index contributed by atoms with van der Waals surface area (Å²) in [4.78, 5) is 0. The third kappa shape index (κ3) is 39.3. The van der Waals surface area contributed by atoms with Crippen LogP contribution < -0.4 is 41.5 Å². The van der Waals surface area contributed by atoms with Gasteiger partial charge in [-0.05, 0) is 195 Å². The molecule has 0 spiro atoms. The predicted molar refractivity (Wildman–Crippen MR) is 602 cm³/mol. The average molecular weight is 1810 g/mol. The number of rotatable bonds is 1. The highest BCUT2D eigenvalue weighted by Crippen LogP contribution is 2.30. The van der Waals surface area contributed by atoms with Crippen LogP contribution in [0.1, 0.15) is 209 Å². The summed E-state index contributed by atoms with van der Waals surface area (Å²) in [6.07, 6.45) is 24.8. The lowest BCUT2D eigenvalue weighted by atomic mass is 9.91. The Bertz CT molecular complexity index is 5040. The predicted octanol–water partition coefficient (Wildman–Crippen LogP) is 10.5. The van der Waals surface area contributed by atoms with Crippen molar-refractivity contribution in [2.45, 2.75) is 240 Å². The fraction of sp³-hybridized carbons (Fsp3) is 0.346. The van der Waals surface area contributed by atoms with Gasteiger partial charge in [0.15, 0.2) is 0 Å². The summed E-state index contributed by atoms with van der Waals surface area (Å²) in [6.45, 7) is 33.2. The third-order valence-electron chi connectivity index (χ3n) is 24.5. The Hall–Kier alpha value is -6.28. The van der Waals surface area contributed by atoms with Crippen LogP contribution in [0.25, 0.3) is 43.1 Å². The number of fused-ring (bicyclic) bond motifs is 6. The fourth-order valence-electron chi connectivity index (χ4n) is 15.3. The highest BCUT2D eigenvalue weighted by Gasteiger charge is 2.15. The lowest BCUT2D eigenvalue weighted by Crippen LogP contribution is -2.16. The molecular formula is C107H162Si13. The number of aryl methyl sites for hydroxylation is 11. The molecule has 0 aromatic heterocycles. The molecule has 642 valence electrons. The standard InChI is InChI=1S/C14H12Si.C11H12Si.2C10H14Si.C10H10Si.C9H14Si.2C8H12Si.C7H10Si.C6H14Si.C5H12Si.C5H14Si.C4H12Si/c15-14-12-7-3-1-5-10(12)9-11-6-2-4-8-13(11)14;1-8-10-5-3-2-4-9(10)6-7-11(8)12;3*11-10-7-3-5-8-4-1-2-6-9(8)10;1-6-4-7(2)9(10)8(3)5-6;1-6-3-4-8(9)7(2)5-6;1-6-4-3-5-7(2)8(6)9;1-6-4-2-3-5-7(6)8;7-6-4-2-1-3-5-6;6-5-3-1-2-4-5;1-4-5(2,3)6;1-4(2,3)5/h1-9H,15H3;2-7H,1,12H3;3,5,7H,1-2,4,6H2,11H3;1-2,4,6,10H,3,5,7H2,11H3;1-7H,11H3;4-5H,1-3,10H3;2*3-5H,1-2,9H3;2-5H,1,8H3;6H,1-5H2,7H3;5H,1-4H2,6H3;4H2,1-3,6H3;1-3,5H3. The van der Waals surface area contributed by atoms with Crippen LogP contribution in [0.4, 0.5) is 0 Å². The largest absolute Gasteiger partial charge is 0.0679 e. The summed E-state index contributed by atoms with van der Waals surface area (Å²) in [5.41, 5.74) is 22.8. The third-order valence-corrected chi connectivity index (χ3v) is 38.0. The summed E-state index contributed by atoms with van der Waals surface area (Å²) >= 11 is 0. The molecule has 4 aliphatic carbocycles. The summed E-state index contributed by atoms with van der Waals surface area (Å²) in [5.74, 6) is 0. The van der Waals surface area contributed by atoms with E-state index in [1.165, 1.54) is 316 Å². The molecule has 0 radical (unpaired) electrons. The molecule has 0 saturated heterocycles. The van der Waals surface area contributed by atoms with Gasteiger partial charge in [-0.2, -0.15) is 0 Å². The molecular weight excluding hydrogens is 1650 g/mol. The van der Waals surface area contributed by atoms with Crippen LogP contribution in [0.5, 0.6) is 0 Å². The van der Waals surface area contributed by atoms with Crippen LogP contribution in [0.15, 0.2) is 249 Å². The summed E-state index contributed by atoms with van der Waals surface area (Å²) in [7, 11) is 16.2. The van der Waals surface area contributed by atoms with Crippen molar-refractivity contribution >= 4 is 218 Å². The normalized spacial score (nSPS) is 14.0. The first-order valence-electron chi connectivity index (χ1n) is 46.0. The van der Waals surface area contributed by atoms with E-state index in [0.29, 0.717) is 10.1 Å². The minimum atomic E-state index is 0.639. The first-order chi connectivity index (χ1) is 57.0. The Balaban J connectivity index is 0.000000234. The lowest BCUT2D eigenvalue weighted by molar-refractivity contribution is 0.504. The van der Waals surface area contributed by atoms with Gasteiger partial charge in [-0.15, -0.1) is 0 Å². The van der Waals surface area contributed by atoms with Crippen LogP contribution in [0.3, 0.4) is 0 Å². The zero-order chi connectivity index (χ0) is 88.5. The van der Waals surface area contributed by atoms with Gasteiger partial charge in [0, 0.05) is 133 Å². The Morgan fingerprint density at radius 2 is 0.675 bits per heavy atom. The van der Waals surface area contributed by atoms with Gasteiger partial charge < -0.3 is 0 Å². The molecule has 13 aromatic rings. The van der Waals surface area contributed by atoms with E-state index >= 15 is 0 Å². The SMILES string of the molecule is CC(C)(C)[SiH3].CCC(C)(C)[SiH3].Cc1c([SiH3])ccc2ccccc12.Cc1cc(C)c([SiH3])c(C)c1.Cc1ccc([SiH3])c(C)c1.Cc1cccc(C)c1[SiH3].Cc1ccccc1[SiH3].[SiH3]C1CCCC1.[SiH3]C1CCCCC1.[SiH3]C1CCCc2ccccc21.[SiH3]c1c2ccccc2cc2ccccc12.[SiH3]c1cccc2c1CCCC2.[SiH3]c1cccc2ccccc12. The first kappa shape index (κ1) is 104. The molecule has 2 fully saturated rings. The maximum absolute atomic E-state index is 2.31. The van der Waals surface area contributed by atoms with Gasteiger partial charge in [-0.3, -0.25) is 0 Å². The van der Waals surface area contributed by atoms with Gasteiger partial charge in [0.25, 0.3) is 0 Å². The first-order valence-corrected chi connectivity index (χ1v) is 59.5. The van der Waals surface area contributed by atoms with E-state index < -0.39 is 0 Å². The molecule has 0 N–H and O–H groups in total. The number of benzene rings is 13. The minimum absolute atomic E-state index is 0.639.